The summed E-state index contributed by atoms with van der Waals surface area (Å²) in [7, 11) is 1.62. The summed E-state index contributed by atoms with van der Waals surface area (Å²) >= 11 is 0. The normalized spacial score (nSPS) is 31.3. The predicted molar refractivity (Wildman–Crippen MR) is 105 cm³/mol. The number of nitrogens with zero attached hydrogens (tertiary/aromatic N) is 2. The van der Waals surface area contributed by atoms with Crippen molar-refractivity contribution < 1.29 is 19.1 Å². The summed E-state index contributed by atoms with van der Waals surface area (Å²) in [5, 5.41) is 0. The van der Waals surface area contributed by atoms with Crippen LogP contribution in [0.1, 0.15) is 46.0 Å². The fraction of sp³-hybridized carbons (Fsp3) is 0.636. The minimum Gasteiger partial charge on any atom is -0.497 e. The maximum atomic E-state index is 13.2. The number of rotatable bonds is 4. The van der Waals surface area contributed by atoms with Gasteiger partial charge in [0.1, 0.15) is 11.5 Å². The molecular weight excluding hydrogens is 356 g/mol. The maximum Gasteiger partial charge on any atom is 0.261 e. The molecule has 152 valence electrons. The number of piperidine rings is 1. The largest absolute Gasteiger partial charge is 0.497 e. The minimum atomic E-state index is -0.0130. The Bertz CT molecular complexity index is 749. The van der Waals surface area contributed by atoms with E-state index in [1.54, 1.807) is 14.0 Å². The van der Waals surface area contributed by atoms with Gasteiger partial charge in [0.05, 0.1) is 13.2 Å². The van der Waals surface area contributed by atoms with Gasteiger partial charge in [0.25, 0.3) is 5.91 Å². The molecule has 6 heteroatoms. The van der Waals surface area contributed by atoms with E-state index in [0.717, 1.165) is 37.9 Å². The van der Waals surface area contributed by atoms with Crippen LogP contribution in [0, 0.1) is 5.41 Å². The summed E-state index contributed by atoms with van der Waals surface area (Å²) in [5.41, 5.74) is -0.0130. The van der Waals surface area contributed by atoms with Gasteiger partial charge in [-0.05, 0) is 43.5 Å². The molecule has 28 heavy (non-hydrogen) atoms. The number of likely N-dealkylation sites (tertiary alicyclic amines) is 2. The van der Waals surface area contributed by atoms with Crippen LogP contribution in [0.5, 0.6) is 11.5 Å². The zero-order chi connectivity index (χ0) is 19.9. The highest BCUT2D eigenvalue weighted by atomic mass is 16.5. The molecule has 2 amide bonds. The monoisotopic (exact) mass is 386 g/mol. The molecule has 4 rings (SSSR count). The van der Waals surface area contributed by atoms with E-state index >= 15 is 0 Å². The molecule has 0 aromatic heterocycles. The molecule has 2 bridgehead atoms. The van der Waals surface area contributed by atoms with Crippen molar-refractivity contribution in [2.75, 3.05) is 20.3 Å². The van der Waals surface area contributed by atoms with E-state index in [0.29, 0.717) is 12.3 Å². The van der Waals surface area contributed by atoms with E-state index in [9.17, 15) is 9.59 Å². The van der Waals surface area contributed by atoms with Gasteiger partial charge in [-0.1, -0.05) is 19.8 Å². The molecule has 1 aliphatic carbocycles. The number of carbonyl (C=O) groups excluding carboxylic acids is 2. The van der Waals surface area contributed by atoms with E-state index in [4.69, 9.17) is 9.47 Å². The number of ether oxygens (including phenoxy) is 2. The first kappa shape index (κ1) is 19.1. The average Bonchev–Trinajstić information content (AvgIpc) is 2.80. The van der Waals surface area contributed by atoms with Crippen LogP contribution in [0.2, 0.25) is 0 Å². The van der Waals surface area contributed by atoms with Crippen molar-refractivity contribution in [3.8, 4) is 11.5 Å². The second-order valence-corrected chi connectivity index (χ2v) is 8.62. The molecule has 1 aromatic carbocycles. The topological polar surface area (TPSA) is 59.1 Å². The third-order valence-corrected chi connectivity index (χ3v) is 7.03. The Morgan fingerprint density at radius 2 is 1.75 bits per heavy atom. The van der Waals surface area contributed by atoms with Crippen molar-refractivity contribution in [3.05, 3.63) is 24.3 Å². The molecule has 3 fully saturated rings. The smallest absolute Gasteiger partial charge is 0.261 e. The van der Waals surface area contributed by atoms with Crippen molar-refractivity contribution in [2.45, 2.75) is 64.1 Å². The molecule has 2 aliphatic heterocycles. The average molecular weight is 386 g/mol. The lowest BCUT2D eigenvalue weighted by Gasteiger charge is -2.46. The molecule has 1 saturated carbocycles. The van der Waals surface area contributed by atoms with Crippen LogP contribution in [-0.2, 0) is 9.59 Å². The van der Waals surface area contributed by atoms with E-state index in [-0.39, 0.29) is 42.0 Å². The summed E-state index contributed by atoms with van der Waals surface area (Å²) in [6.45, 7) is 4.63. The molecule has 0 N–H and O–H groups in total. The Kier molecular flexibility index (Phi) is 4.98. The number of benzene rings is 1. The molecular formula is C22H30N2O4. The third kappa shape index (κ3) is 3.12. The molecule has 0 spiro atoms. The molecule has 3 aliphatic rings. The molecule has 0 unspecified atom stereocenters. The lowest BCUT2D eigenvalue weighted by molar-refractivity contribution is -0.139. The van der Waals surface area contributed by atoms with E-state index in [2.05, 4.69) is 11.8 Å². The van der Waals surface area contributed by atoms with Crippen LogP contribution in [0.3, 0.4) is 0 Å². The lowest BCUT2D eigenvalue weighted by Crippen LogP contribution is -2.55. The van der Waals surface area contributed by atoms with Gasteiger partial charge in [-0.15, -0.1) is 0 Å². The fourth-order valence-electron chi connectivity index (χ4n) is 5.78. The highest BCUT2D eigenvalue weighted by Gasteiger charge is 2.60. The molecule has 2 heterocycles. The van der Waals surface area contributed by atoms with Gasteiger partial charge in [0.2, 0.25) is 5.91 Å². The summed E-state index contributed by atoms with van der Waals surface area (Å²) in [6.07, 6.45) is 5.28. The highest BCUT2D eigenvalue weighted by molar-refractivity contribution is 5.80. The molecule has 1 aromatic rings. The number of methoxy groups -OCH3 is 1. The Balaban J connectivity index is 1.52. The van der Waals surface area contributed by atoms with Gasteiger partial charge in [-0.3, -0.25) is 9.59 Å². The second kappa shape index (κ2) is 7.30. The number of hydrogen-bond acceptors (Lipinski definition) is 4. The minimum absolute atomic E-state index is 0.0130. The Hall–Kier alpha value is -2.24. The van der Waals surface area contributed by atoms with Crippen LogP contribution in [-0.4, -0.2) is 60.0 Å². The van der Waals surface area contributed by atoms with Crippen LogP contribution in [0.4, 0.5) is 0 Å². The molecule has 6 nitrogen and oxygen atoms in total. The number of carbonyl (C=O) groups is 2. The molecule has 4 atom stereocenters. The van der Waals surface area contributed by atoms with Crippen molar-refractivity contribution >= 4 is 11.8 Å². The van der Waals surface area contributed by atoms with E-state index < -0.39 is 0 Å². The van der Waals surface area contributed by atoms with Gasteiger partial charge >= 0.3 is 0 Å². The zero-order valence-electron chi connectivity index (χ0n) is 17.0. The van der Waals surface area contributed by atoms with Crippen molar-refractivity contribution in [1.29, 1.82) is 0 Å². The van der Waals surface area contributed by atoms with Gasteiger partial charge in [0, 0.05) is 31.0 Å². The summed E-state index contributed by atoms with van der Waals surface area (Å²) < 4.78 is 10.9. The van der Waals surface area contributed by atoms with Crippen molar-refractivity contribution in [1.82, 2.24) is 9.80 Å². The lowest BCUT2D eigenvalue weighted by atomic mass is 9.71. The van der Waals surface area contributed by atoms with Gasteiger partial charge in [-0.2, -0.15) is 0 Å². The molecule has 0 radical (unpaired) electrons. The van der Waals surface area contributed by atoms with Crippen LogP contribution in [0.25, 0.3) is 0 Å². The van der Waals surface area contributed by atoms with Crippen molar-refractivity contribution in [3.63, 3.8) is 0 Å². The SMILES string of the molecule is COc1ccc(OCC(=O)N2[C@@H]3CN(C(C)=O)[C@@H]4CCCC[C@H]2[C@]4(C)C3)cc1. The number of fused-ring (bicyclic) bond motifs is 1. The first-order valence-corrected chi connectivity index (χ1v) is 10.3. The van der Waals surface area contributed by atoms with Crippen molar-refractivity contribution in [2.24, 2.45) is 5.41 Å². The quantitative estimate of drug-likeness (QED) is 0.798. The Morgan fingerprint density at radius 1 is 1.11 bits per heavy atom. The number of amides is 2. The number of hydrogen-bond donors (Lipinski definition) is 0. The summed E-state index contributed by atoms with van der Waals surface area (Å²) in [4.78, 5) is 29.6. The predicted octanol–water partition coefficient (Wildman–Crippen LogP) is 2.85. The van der Waals surface area contributed by atoms with E-state index in [1.807, 2.05) is 29.2 Å². The first-order chi connectivity index (χ1) is 13.4. The Morgan fingerprint density at radius 3 is 2.39 bits per heavy atom. The fourth-order valence-corrected chi connectivity index (χ4v) is 5.78. The highest BCUT2D eigenvalue weighted by Crippen LogP contribution is 2.53. The standard InChI is InChI=1S/C22H30N2O4/c1-15(25)23-13-16-12-22(2)19(23)6-4-5-7-20(22)24(16)21(26)14-28-18-10-8-17(27-3)9-11-18/h8-11,16,19-20H,4-7,12-14H2,1-3H3/t16-,19+,20-,22+/m0/s1. The van der Waals surface area contributed by atoms with Gasteiger partial charge in [0.15, 0.2) is 6.61 Å². The van der Waals surface area contributed by atoms with Crippen LogP contribution >= 0.6 is 0 Å². The Labute approximate surface area is 166 Å². The second-order valence-electron chi connectivity index (χ2n) is 8.62. The molecule has 2 saturated heterocycles. The summed E-state index contributed by atoms with van der Waals surface area (Å²) in [6, 6.07) is 7.81. The first-order valence-electron chi connectivity index (χ1n) is 10.3. The van der Waals surface area contributed by atoms with Gasteiger partial charge < -0.3 is 19.3 Å². The van der Waals surface area contributed by atoms with Crippen LogP contribution < -0.4 is 9.47 Å². The van der Waals surface area contributed by atoms with Gasteiger partial charge in [-0.25, -0.2) is 0 Å². The van der Waals surface area contributed by atoms with Crippen LogP contribution in [0.15, 0.2) is 24.3 Å². The zero-order valence-corrected chi connectivity index (χ0v) is 17.0. The third-order valence-electron chi connectivity index (χ3n) is 7.03. The van der Waals surface area contributed by atoms with E-state index in [1.165, 1.54) is 0 Å². The summed E-state index contributed by atoms with van der Waals surface area (Å²) in [5.74, 6) is 1.58. The maximum absolute atomic E-state index is 13.2.